The van der Waals surface area contributed by atoms with E-state index in [9.17, 15) is 14.4 Å². The van der Waals surface area contributed by atoms with Crippen LogP contribution in [0.25, 0.3) is 0 Å². The highest BCUT2D eigenvalue weighted by Crippen LogP contribution is 2.33. The lowest BCUT2D eigenvalue weighted by molar-refractivity contribution is -0.131. The van der Waals surface area contributed by atoms with Gasteiger partial charge in [0.05, 0.1) is 6.54 Å². The van der Waals surface area contributed by atoms with Crippen molar-refractivity contribution in [3.05, 3.63) is 70.8 Å². The quantitative estimate of drug-likeness (QED) is 0.627. The van der Waals surface area contributed by atoms with E-state index in [1.165, 1.54) is 0 Å². The van der Waals surface area contributed by atoms with Crippen LogP contribution in [0.2, 0.25) is 0 Å². The third-order valence-corrected chi connectivity index (χ3v) is 5.20. The number of Topliss-reactive ketones (excluding diaryl/α,β-unsaturated/α-hetero) is 1. The normalized spacial score (nSPS) is 19.3. The zero-order valence-corrected chi connectivity index (χ0v) is 15.9. The Kier molecular flexibility index (Phi) is 5.13. The van der Waals surface area contributed by atoms with Crippen molar-refractivity contribution in [3.63, 3.8) is 0 Å². The highest BCUT2D eigenvalue weighted by atomic mass is 16.2. The first-order valence-electron chi connectivity index (χ1n) is 9.19. The monoisotopic (exact) mass is 364 g/mol. The van der Waals surface area contributed by atoms with Crippen LogP contribution in [0.4, 0.5) is 4.79 Å². The highest BCUT2D eigenvalue weighted by molar-refractivity contribution is 6.11. The third-order valence-electron chi connectivity index (χ3n) is 5.20. The Morgan fingerprint density at radius 3 is 2.37 bits per heavy atom. The minimum absolute atomic E-state index is 0.248. The van der Waals surface area contributed by atoms with Crippen molar-refractivity contribution >= 4 is 17.7 Å². The van der Waals surface area contributed by atoms with Gasteiger partial charge in [0.1, 0.15) is 5.54 Å². The molecule has 3 amide bonds. The Bertz CT molecular complexity index is 892. The number of aryl methyl sites for hydroxylation is 2. The SMILES string of the molecule is CCC[C@]1(c2ccccc2)NC(=O)N(CC(=O)c2ccc(C)c(C)c2)C1=O. The molecule has 0 bridgehead atoms. The van der Waals surface area contributed by atoms with Crippen molar-refractivity contribution in [2.75, 3.05) is 6.54 Å². The second-order valence-corrected chi connectivity index (χ2v) is 7.07. The molecule has 1 heterocycles. The number of amides is 3. The summed E-state index contributed by atoms with van der Waals surface area (Å²) >= 11 is 0. The fourth-order valence-electron chi connectivity index (χ4n) is 3.53. The van der Waals surface area contributed by atoms with Crippen molar-refractivity contribution in [2.24, 2.45) is 0 Å². The molecular formula is C22H24N2O3. The average Bonchev–Trinajstić information content (AvgIpc) is 2.90. The summed E-state index contributed by atoms with van der Waals surface area (Å²) in [6.45, 7) is 5.61. The second kappa shape index (κ2) is 7.35. The lowest BCUT2D eigenvalue weighted by atomic mass is 9.85. The van der Waals surface area contributed by atoms with Gasteiger partial charge < -0.3 is 5.32 Å². The molecular weight excluding hydrogens is 340 g/mol. The van der Waals surface area contributed by atoms with Gasteiger partial charge in [-0.1, -0.05) is 55.8 Å². The van der Waals surface area contributed by atoms with Crippen LogP contribution >= 0.6 is 0 Å². The number of benzene rings is 2. The summed E-state index contributed by atoms with van der Waals surface area (Å²) in [6.07, 6.45) is 1.20. The molecule has 0 radical (unpaired) electrons. The standard InChI is InChI=1S/C22H24N2O3/c1-4-12-22(18-8-6-5-7-9-18)20(26)24(21(27)23-22)14-19(25)17-11-10-15(2)16(3)13-17/h5-11,13H,4,12,14H2,1-3H3,(H,23,27)/t22-/m1/s1. The molecule has 5 nitrogen and oxygen atoms in total. The number of ketones is 1. The lowest BCUT2D eigenvalue weighted by Crippen LogP contribution is -2.44. The Hall–Kier alpha value is -2.95. The maximum absolute atomic E-state index is 13.2. The van der Waals surface area contributed by atoms with E-state index < -0.39 is 11.6 Å². The number of hydrogen-bond donors (Lipinski definition) is 1. The van der Waals surface area contributed by atoms with E-state index in [1.54, 1.807) is 12.1 Å². The van der Waals surface area contributed by atoms with Crippen molar-refractivity contribution < 1.29 is 14.4 Å². The molecule has 3 rings (SSSR count). The first-order chi connectivity index (χ1) is 12.9. The Labute approximate surface area is 159 Å². The van der Waals surface area contributed by atoms with Crippen LogP contribution in [0.15, 0.2) is 48.5 Å². The molecule has 1 atom stereocenters. The summed E-state index contributed by atoms with van der Waals surface area (Å²) in [5.41, 5.74) is 2.24. The molecule has 27 heavy (non-hydrogen) atoms. The summed E-state index contributed by atoms with van der Waals surface area (Å²) in [6, 6.07) is 14.1. The van der Waals surface area contributed by atoms with Crippen LogP contribution < -0.4 is 5.32 Å². The van der Waals surface area contributed by atoms with E-state index in [-0.39, 0.29) is 18.2 Å². The van der Waals surface area contributed by atoms with E-state index in [2.05, 4.69) is 5.32 Å². The van der Waals surface area contributed by atoms with Gasteiger partial charge in [0.15, 0.2) is 5.78 Å². The van der Waals surface area contributed by atoms with Crippen LogP contribution in [-0.4, -0.2) is 29.2 Å². The number of hydrogen-bond acceptors (Lipinski definition) is 3. The maximum atomic E-state index is 13.2. The first-order valence-corrected chi connectivity index (χ1v) is 9.19. The van der Waals surface area contributed by atoms with Crippen molar-refractivity contribution in [1.82, 2.24) is 10.2 Å². The van der Waals surface area contributed by atoms with Crippen LogP contribution in [0.3, 0.4) is 0 Å². The van der Waals surface area contributed by atoms with Crippen LogP contribution in [0, 0.1) is 13.8 Å². The molecule has 2 aromatic carbocycles. The largest absolute Gasteiger partial charge is 0.325 e. The first kappa shape index (κ1) is 18.8. The Morgan fingerprint density at radius 1 is 1.04 bits per heavy atom. The molecule has 1 N–H and O–H groups in total. The molecule has 5 heteroatoms. The van der Waals surface area contributed by atoms with Gasteiger partial charge in [-0.15, -0.1) is 0 Å². The molecule has 1 saturated heterocycles. The Morgan fingerprint density at radius 2 is 1.74 bits per heavy atom. The average molecular weight is 364 g/mol. The van der Waals surface area contributed by atoms with Crippen LogP contribution in [0.5, 0.6) is 0 Å². The van der Waals surface area contributed by atoms with Gasteiger partial charge in [-0.3, -0.25) is 14.5 Å². The second-order valence-electron chi connectivity index (χ2n) is 7.07. The van der Waals surface area contributed by atoms with Gasteiger partial charge in [-0.25, -0.2) is 4.79 Å². The maximum Gasteiger partial charge on any atom is 0.325 e. The number of rotatable bonds is 6. The smallest absolute Gasteiger partial charge is 0.319 e. The number of imide groups is 1. The van der Waals surface area contributed by atoms with E-state index in [1.807, 2.05) is 57.2 Å². The topological polar surface area (TPSA) is 66.5 Å². The molecule has 1 fully saturated rings. The van der Waals surface area contributed by atoms with E-state index >= 15 is 0 Å². The van der Waals surface area contributed by atoms with Crippen molar-refractivity contribution in [1.29, 1.82) is 0 Å². The number of carbonyl (C=O) groups is 3. The summed E-state index contributed by atoms with van der Waals surface area (Å²) < 4.78 is 0. The molecule has 2 aromatic rings. The van der Waals surface area contributed by atoms with Gasteiger partial charge in [0.2, 0.25) is 0 Å². The zero-order valence-electron chi connectivity index (χ0n) is 15.9. The molecule has 140 valence electrons. The summed E-state index contributed by atoms with van der Waals surface area (Å²) in [5, 5.41) is 2.85. The zero-order chi connectivity index (χ0) is 19.6. The minimum atomic E-state index is -1.10. The van der Waals surface area contributed by atoms with E-state index in [0.29, 0.717) is 12.0 Å². The molecule has 0 aliphatic carbocycles. The van der Waals surface area contributed by atoms with Crippen LogP contribution in [0.1, 0.15) is 46.8 Å². The number of urea groups is 1. The van der Waals surface area contributed by atoms with Gasteiger partial charge in [0.25, 0.3) is 5.91 Å². The van der Waals surface area contributed by atoms with Gasteiger partial charge in [0, 0.05) is 5.56 Å². The molecule has 0 aromatic heterocycles. The number of carbonyl (C=O) groups excluding carboxylic acids is 3. The van der Waals surface area contributed by atoms with Crippen molar-refractivity contribution in [2.45, 2.75) is 39.2 Å². The van der Waals surface area contributed by atoms with E-state index in [4.69, 9.17) is 0 Å². The molecule has 0 spiro atoms. The molecule has 0 saturated carbocycles. The summed E-state index contributed by atoms with van der Waals surface area (Å²) in [7, 11) is 0. The third kappa shape index (κ3) is 3.37. The predicted molar refractivity (Wildman–Crippen MR) is 104 cm³/mol. The van der Waals surface area contributed by atoms with Crippen molar-refractivity contribution in [3.8, 4) is 0 Å². The molecule has 1 aliphatic heterocycles. The lowest BCUT2D eigenvalue weighted by Gasteiger charge is -2.26. The van der Waals surface area contributed by atoms with Gasteiger partial charge in [-0.2, -0.15) is 0 Å². The fourth-order valence-corrected chi connectivity index (χ4v) is 3.53. The number of nitrogens with zero attached hydrogens (tertiary/aromatic N) is 1. The molecule has 0 unspecified atom stereocenters. The highest BCUT2D eigenvalue weighted by Gasteiger charge is 2.52. The Balaban J connectivity index is 1.88. The summed E-state index contributed by atoms with van der Waals surface area (Å²) in [4.78, 5) is 39.5. The van der Waals surface area contributed by atoms with E-state index in [0.717, 1.165) is 28.0 Å². The van der Waals surface area contributed by atoms with Gasteiger partial charge >= 0.3 is 6.03 Å². The fraction of sp³-hybridized carbons (Fsp3) is 0.318. The molecule has 1 aliphatic rings. The number of nitrogens with one attached hydrogen (secondary N) is 1. The predicted octanol–water partition coefficient (Wildman–Crippen LogP) is 3.73. The summed E-state index contributed by atoms with van der Waals surface area (Å²) in [5.74, 6) is -0.611. The van der Waals surface area contributed by atoms with Gasteiger partial charge in [-0.05, 0) is 43.0 Å². The minimum Gasteiger partial charge on any atom is -0.319 e. The van der Waals surface area contributed by atoms with Crippen LogP contribution in [-0.2, 0) is 10.3 Å².